The highest BCUT2D eigenvalue weighted by Gasteiger charge is 2.09. The molecule has 0 radical (unpaired) electrons. The van der Waals surface area contributed by atoms with Crippen LogP contribution in [-0.4, -0.2) is 21.0 Å². The topological polar surface area (TPSA) is 51.2 Å². The van der Waals surface area contributed by atoms with Crippen molar-refractivity contribution in [3.05, 3.63) is 29.3 Å². The molecule has 0 aliphatic carbocycles. The summed E-state index contributed by atoms with van der Waals surface area (Å²) in [5.74, 6) is 0. The molecule has 0 unspecified atom stereocenters. The Hall–Kier alpha value is -1.16. The maximum absolute atomic E-state index is 11.2. The van der Waals surface area contributed by atoms with Gasteiger partial charge in [-0.3, -0.25) is 4.79 Å². The molecule has 76 valence electrons. The summed E-state index contributed by atoms with van der Waals surface area (Å²) in [6, 6.07) is 4.56. The highest BCUT2D eigenvalue weighted by atomic mass is 32.2. The molecule has 1 aromatic carbocycles. The van der Waals surface area contributed by atoms with E-state index in [9.17, 15) is 13.2 Å². The molecule has 0 saturated heterocycles. The van der Waals surface area contributed by atoms with Gasteiger partial charge in [0.2, 0.25) is 0 Å². The van der Waals surface area contributed by atoms with Crippen LogP contribution in [-0.2, 0) is 16.3 Å². The van der Waals surface area contributed by atoms with Crippen LogP contribution in [0, 0.1) is 0 Å². The van der Waals surface area contributed by atoms with E-state index in [1.807, 2.05) is 6.92 Å². The second kappa shape index (κ2) is 3.92. The molecule has 3 nitrogen and oxygen atoms in total. The van der Waals surface area contributed by atoms with Gasteiger partial charge in [0.25, 0.3) is 0 Å². The van der Waals surface area contributed by atoms with Gasteiger partial charge >= 0.3 is 0 Å². The fourth-order valence-corrected chi connectivity index (χ4v) is 1.91. The van der Waals surface area contributed by atoms with Crippen molar-refractivity contribution in [2.75, 3.05) is 6.26 Å². The first-order valence-corrected chi connectivity index (χ1v) is 6.16. The Kier molecular flexibility index (Phi) is 3.06. The average molecular weight is 212 g/mol. The van der Waals surface area contributed by atoms with Crippen molar-refractivity contribution in [2.24, 2.45) is 0 Å². The number of hydrogen-bond acceptors (Lipinski definition) is 3. The van der Waals surface area contributed by atoms with E-state index < -0.39 is 9.84 Å². The lowest BCUT2D eigenvalue weighted by molar-refractivity contribution is 0.112. The summed E-state index contributed by atoms with van der Waals surface area (Å²) >= 11 is 0. The van der Waals surface area contributed by atoms with Crippen LogP contribution >= 0.6 is 0 Å². The third-order valence-electron chi connectivity index (χ3n) is 2.05. The summed E-state index contributed by atoms with van der Waals surface area (Å²) in [6.07, 6.45) is 2.55. The van der Waals surface area contributed by atoms with Gasteiger partial charge in [0.15, 0.2) is 9.84 Å². The molecule has 0 aliphatic rings. The van der Waals surface area contributed by atoms with Gasteiger partial charge in [-0.05, 0) is 24.1 Å². The Morgan fingerprint density at radius 3 is 2.43 bits per heavy atom. The van der Waals surface area contributed by atoms with Crippen molar-refractivity contribution in [2.45, 2.75) is 18.2 Å². The fourth-order valence-electron chi connectivity index (χ4n) is 1.23. The van der Waals surface area contributed by atoms with E-state index in [0.29, 0.717) is 12.0 Å². The molecule has 0 atom stereocenters. The molecule has 1 rings (SSSR count). The second-order valence-corrected chi connectivity index (χ2v) is 5.12. The lowest BCUT2D eigenvalue weighted by Crippen LogP contribution is -2.00. The number of rotatable bonds is 3. The Labute approximate surface area is 83.7 Å². The molecule has 0 spiro atoms. The second-order valence-electron chi connectivity index (χ2n) is 3.10. The number of hydrogen-bond donors (Lipinski definition) is 0. The largest absolute Gasteiger partial charge is 0.298 e. The smallest absolute Gasteiger partial charge is 0.175 e. The van der Waals surface area contributed by atoms with E-state index in [-0.39, 0.29) is 4.90 Å². The maximum atomic E-state index is 11.2. The Balaban J connectivity index is 3.35. The normalized spacial score (nSPS) is 11.3. The van der Waals surface area contributed by atoms with Crippen LogP contribution in [0.25, 0.3) is 0 Å². The number of aryl methyl sites for hydroxylation is 1. The van der Waals surface area contributed by atoms with E-state index in [4.69, 9.17) is 0 Å². The SMILES string of the molecule is CCc1cc(S(C)(=O)=O)ccc1C=O. The van der Waals surface area contributed by atoms with Gasteiger partial charge in [-0.25, -0.2) is 8.42 Å². The standard InChI is InChI=1S/C10H12O3S/c1-3-8-6-10(14(2,12)13)5-4-9(8)7-11/h4-7H,3H2,1-2H3. The van der Waals surface area contributed by atoms with Crippen LogP contribution < -0.4 is 0 Å². The monoisotopic (exact) mass is 212 g/mol. The molecule has 0 N–H and O–H groups in total. The molecule has 0 amide bonds. The minimum atomic E-state index is -3.18. The third kappa shape index (κ3) is 2.20. The zero-order valence-corrected chi connectivity index (χ0v) is 8.97. The Morgan fingerprint density at radius 2 is 2.00 bits per heavy atom. The Morgan fingerprint density at radius 1 is 1.36 bits per heavy atom. The van der Waals surface area contributed by atoms with Crippen LogP contribution in [0.5, 0.6) is 0 Å². The third-order valence-corrected chi connectivity index (χ3v) is 3.16. The first-order chi connectivity index (χ1) is 6.49. The highest BCUT2D eigenvalue weighted by Crippen LogP contribution is 2.15. The lowest BCUT2D eigenvalue weighted by atomic mass is 10.1. The van der Waals surface area contributed by atoms with Gasteiger partial charge in [0.1, 0.15) is 6.29 Å². The van der Waals surface area contributed by atoms with E-state index in [1.165, 1.54) is 6.07 Å². The van der Waals surface area contributed by atoms with E-state index in [1.54, 1.807) is 12.1 Å². The van der Waals surface area contributed by atoms with Crippen molar-refractivity contribution in [1.29, 1.82) is 0 Å². The number of carbonyl (C=O) groups is 1. The fraction of sp³-hybridized carbons (Fsp3) is 0.300. The van der Waals surface area contributed by atoms with E-state index in [2.05, 4.69) is 0 Å². The predicted octanol–water partition coefficient (Wildman–Crippen LogP) is 1.47. The molecule has 4 heteroatoms. The minimum Gasteiger partial charge on any atom is -0.298 e. The van der Waals surface area contributed by atoms with Gasteiger partial charge in [0, 0.05) is 11.8 Å². The number of carbonyl (C=O) groups excluding carboxylic acids is 1. The van der Waals surface area contributed by atoms with Crippen LogP contribution in [0.2, 0.25) is 0 Å². The summed E-state index contributed by atoms with van der Waals surface area (Å²) in [5.41, 5.74) is 1.32. The summed E-state index contributed by atoms with van der Waals surface area (Å²) < 4.78 is 22.4. The number of sulfone groups is 1. The van der Waals surface area contributed by atoms with Gasteiger partial charge in [-0.15, -0.1) is 0 Å². The van der Waals surface area contributed by atoms with Crippen molar-refractivity contribution in [3.63, 3.8) is 0 Å². The average Bonchev–Trinajstić information content (AvgIpc) is 2.15. The predicted molar refractivity (Wildman–Crippen MR) is 54.3 cm³/mol. The quantitative estimate of drug-likeness (QED) is 0.713. The van der Waals surface area contributed by atoms with Crippen LogP contribution in [0.1, 0.15) is 22.8 Å². The van der Waals surface area contributed by atoms with Crippen LogP contribution in [0.3, 0.4) is 0 Å². The van der Waals surface area contributed by atoms with Crippen molar-refractivity contribution >= 4 is 16.1 Å². The lowest BCUT2D eigenvalue weighted by Gasteiger charge is -2.04. The zero-order valence-electron chi connectivity index (χ0n) is 8.15. The molecule has 0 aromatic heterocycles. The molecule has 0 fully saturated rings. The molecular formula is C10H12O3S. The first kappa shape index (κ1) is 10.9. The van der Waals surface area contributed by atoms with Crippen molar-refractivity contribution in [1.82, 2.24) is 0 Å². The van der Waals surface area contributed by atoms with Gasteiger partial charge in [0.05, 0.1) is 4.90 Å². The first-order valence-electron chi connectivity index (χ1n) is 4.27. The maximum Gasteiger partial charge on any atom is 0.175 e. The summed E-state index contributed by atoms with van der Waals surface area (Å²) in [4.78, 5) is 10.9. The van der Waals surface area contributed by atoms with E-state index >= 15 is 0 Å². The van der Waals surface area contributed by atoms with Gasteiger partial charge < -0.3 is 0 Å². The highest BCUT2D eigenvalue weighted by molar-refractivity contribution is 7.90. The molecular weight excluding hydrogens is 200 g/mol. The molecule has 0 bridgehead atoms. The number of benzene rings is 1. The van der Waals surface area contributed by atoms with Crippen LogP contribution in [0.4, 0.5) is 0 Å². The summed E-state index contributed by atoms with van der Waals surface area (Å²) in [7, 11) is -3.18. The minimum absolute atomic E-state index is 0.264. The van der Waals surface area contributed by atoms with Crippen molar-refractivity contribution < 1.29 is 13.2 Å². The van der Waals surface area contributed by atoms with Crippen molar-refractivity contribution in [3.8, 4) is 0 Å². The Bertz CT molecular complexity index is 446. The molecule has 0 saturated carbocycles. The summed E-state index contributed by atoms with van der Waals surface area (Å²) in [6.45, 7) is 1.88. The van der Waals surface area contributed by atoms with Gasteiger partial charge in [-0.2, -0.15) is 0 Å². The molecule has 0 aliphatic heterocycles. The van der Waals surface area contributed by atoms with E-state index in [0.717, 1.165) is 18.1 Å². The molecule has 0 heterocycles. The summed E-state index contributed by atoms with van der Waals surface area (Å²) in [5, 5.41) is 0. The zero-order chi connectivity index (χ0) is 10.8. The number of aldehydes is 1. The van der Waals surface area contributed by atoms with Gasteiger partial charge in [-0.1, -0.05) is 13.0 Å². The molecule has 14 heavy (non-hydrogen) atoms. The molecule has 1 aromatic rings. The van der Waals surface area contributed by atoms with Crippen LogP contribution in [0.15, 0.2) is 23.1 Å².